The molecule has 2 aromatic rings. The Morgan fingerprint density at radius 2 is 2.17 bits per heavy atom. The molecular weight excluding hydrogens is 352 g/mol. The van der Waals surface area contributed by atoms with Crippen LogP contribution in [-0.2, 0) is 31.5 Å². The molecule has 0 spiro atoms. The van der Waals surface area contributed by atoms with Gasteiger partial charge in [-0.2, -0.15) is 8.42 Å². The second-order valence-corrected chi connectivity index (χ2v) is 7.37. The van der Waals surface area contributed by atoms with Gasteiger partial charge in [-0.1, -0.05) is 12.1 Å². The van der Waals surface area contributed by atoms with Crippen LogP contribution in [0.1, 0.15) is 25.1 Å². The maximum Gasteiger partial charge on any atom is 0.271 e. The van der Waals surface area contributed by atoms with Crippen LogP contribution >= 0.6 is 11.3 Å². The van der Waals surface area contributed by atoms with Gasteiger partial charge in [-0.25, -0.2) is 4.98 Å². The van der Waals surface area contributed by atoms with E-state index in [0.717, 1.165) is 0 Å². The van der Waals surface area contributed by atoms with E-state index in [1.807, 2.05) is 0 Å². The average molecular weight is 370 g/mol. The van der Waals surface area contributed by atoms with Gasteiger partial charge >= 0.3 is 0 Å². The van der Waals surface area contributed by atoms with Crippen LogP contribution in [0.3, 0.4) is 0 Å². The minimum absolute atomic E-state index is 0.110. The highest BCUT2D eigenvalue weighted by Gasteiger charge is 2.12. The van der Waals surface area contributed by atoms with E-state index >= 15 is 0 Å². The Kier molecular flexibility index (Phi) is 6.29. The zero-order valence-electron chi connectivity index (χ0n) is 13.3. The molecule has 24 heavy (non-hydrogen) atoms. The van der Waals surface area contributed by atoms with Crippen LogP contribution in [0.25, 0.3) is 0 Å². The summed E-state index contributed by atoms with van der Waals surface area (Å²) in [5, 5.41) is 4.90. The first-order valence-electron chi connectivity index (χ1n) is 7.19. The van der Waals surface area contributed by atoms with Crippen LogP contribution in [0.4, 0.5) is 5.13 Å². The van der Waals surface area contributed by atoms with Crippen molar-refractivity contribution in [3.8, 4) is 5.75 Å². The van der Waals surface area contributed by atoms with Gasteiger partial charge in [0.25, 0.3) is 10.1 Å². The van der Waals surface area contributed by atoms with Crippen LogP contribution < -0.4 is 10.1 Å². The summed E-state index contributed by atoms with van der Waals surface area (Å²) in [6.07, 6.45) is 0. The fourth-order valence-corrected chi connectivity index (χ4v) is 3.66. The first kappa shape index (κ1) is 18.4. The zero-order valence-corrected chi connectivity index (χ0v) is 14.9. The first-order chi connectivity index (χ1) is 11.4. The summed E-state index contributed by atoms with van der Waals surface area (Å²) in [5.41, 5.74) is 1.26. The number of rotatable bonds is 8. The van der Waals surface area contributed by atoms with Crippen LogP contribution in [0, 0.1) is 0 Å². The number of amides is 1. The zero-order chi connectivity index (χ0) is 17.6. The number of benzene rings is 1. The van der Waals surface area contributed by atoms with Gasteiger partial charge in [0.15, 0.2) is 5.13 Å². The van der Waals surface area contributed by atoms with Gasteiger partial charge in [0.1, 0.15) is 18.1 Å². The van der Waals surface area contributed by atoms with Crippen LogP contribution in [0.2, 0.25) is 0 Å². The summed E-state index contributed by atoms with van der Waals surface area (Å²) in [5.74, 6) is 0.148. The second kappa shape index (κ2) is 8.22. The number of hydrogen-bond acceptors (Lipinski definition) is 7. The normalized spacial score (nSPS) is 11.2. The topological polar surface area (TPSA) is 94.6 Å². The quantitative estimate of drug-likeness (QED) is 0.718. The highest BCUT2D eigenvalue weighted by Crippen LogP contribution is 2.20. The van der Waals surface area contributed by atoms with Crippen molar-refractivity contribution in [1.29, 1.82) is 0 Å². The summed E-state index contributed by atoms with van der Waals surface area (Å²) in [6.45, 7) is 3.37. The predicted octanol–water partition coefficient (Wildman–Crippen LogP) is 2.55. The van der Waals surface area contributed by atoms with Crippen molar-refractivity contribution < 1.29 is 22.1 Å². The molecule has 2 rings (SSSR count). The largest absolute Gasteiger partial charge is 0.487 e. The van der Waals surface area contributed by atoms with E-state index in [-0.39, 0.29) is 24.9 Å². The third-order valence-electron chi connectivity index (χ3n) is 2.76. The van der Waals surface area contributed by atoms with Crippen molar-refractivity contribution in [2.24, 2.45) is 0 Å². The van der Waals surface area contributed by atoms with Crippen molar-refractivity contribution in [2.75, 3.05) is 11.9 Å². The highest BCUT2D eigenvalue weighted by atomic mass is 32.2. The summed E-state index contributed by atoms with van der Waals surface area (Å²) >= 11 is 1.31. The molecule has 1 aromatic carbocycles. The Labute approximate surface area is 144 Å². The number of nitrogens with one attached hydrogen (secondary N) is 1. The molecule has 9 heteroatoms. The van der Waals surface area contributed by atoms with Crippen LogP contribution in [0.15, 0.2) is 29.6 Å². The minimum Gasteiger partial charge on any atom is -0.487 e. The van der Waals surface area contributed by atoms with E-state index in [0.29, 0.717) is 22.1 Å². The number of carbonyl (C=O) groups excluding carboxylic acids is 1. The molecule has 0 unspecified atom stereocenters. The Morgan fingerprint density at radius 1 is 1.38 bits per heavy atom. The maximum atomic E-state index is 11.7. The van der Waals surface area contributed by atoms with E-state index in [4.69, 9.17) is 8.92 Å². The molecule has 0 saturated heterocycles. The Bertz CT molecular complexity index is 802. The third kappa shape index (κ3) is 5.91. The molecule has 1 aromatic heterocycles. The molecule has 7 nitrogen and oxygen atoms in total. The number of aromatic nitrogens is 1. The smallest absolute Gasteiger partial charge is 0.271 e. The lowest BCUT2D eigenvalue weighted by molar-refractivity contribution is -0.114. The van der Waals surface area contributed by atoms with E-state index in [9.17, 15) is 13.2 Å². The van der Waals surface area contributed by atoms with E-state index in [1.165, 1.54) is 18.3 Å². The first-order valence-corrected chi connectivity index (χ1v) is 9.64. The number of hydrogen-bond donors (Lipinski definition) is 1. The average Bonchev–Trinajstić information content (AvgIpc) is 2.91. The number of carbonyl (C=O) groups is 1. The SMILES string of the molecule is CCOS(=O)(=O)Cc1cccc(OCc2csc(NC(C)=O)n2)c1. The molecular formula is C15H18N2O5S2. The molecule has 0 aliphatic heterocycles. The summed E-state index contributed by atoms with van der Waals surface area (Å²) < 4.78 is 33.7. The molecule has 0 aliphatic carbocycles. The number of nitrogens with zero attached hydrogens (tertiary/aromatic N) is 1. The van der Waals surface area contributed by atoms with Gasteiger partial charge in [0.05, 0.1) is 12.3 Å². The summed E-state index contributed by atoms with van der Waals surface area (Å²) in [7, 11) is -3.58. The Morgan fingerprint density at radius 3 is 2.88 bits per heavy atom. The number of thiazole rings is 1. The fourth-order valence-electron chi connectivity index (χ4n) is 1.89. The van der Waals surface area contributed by atoms with Crippen molar-refractivity contribution in [1.82, 2.24) is 4.98 Å². The second-order valence-electron chi connectivity index (χ2n) is 4.87. The van der Waals surface area contributed by atoms with Crippen molar-refractivity contribution in [2.45, 2.75) is 26.2 Å². The Balaban J connectivity index is 1.97. The molecule has 130 valence electrons. The lowest BCUT2D eigenvalue weighted by Crippen LogP contribution is -2.08. The van der Waals surface area contributed by atoms with E-state index in [2.05, 4.69) is 10.3 Å². The Hall–Kier alpha value is -1.97. The van der Waals surface area contributed by atoms with Crippen LogP contribution in [0.5, 0.6) is 5.75 Å². The van der Waals surface area contributed by atoms with E-state index < -0.39 is 10.1 Å². The predicted molar refractivity (Wildman–Crippen MR) is 91.4 cm³/mol. The summed E-state index contributed by atoms with van der Waals surface area (Å²) in [4.78, 5) is 15.2. The highest BCUT2D eigenvalue weighted by molar-refractivity contribution is 7.85. The molecule has 1 heterocycles. The minimum atomic E-state index is -3.58. The molecule has 0 fully saturated rings. The molecule has 1 amide bonds. The fraction of sp³-hybridized carbons (Fsp3) is 0.333. The number of ether oxygens (including phenoxy) is 1. The molecule has 1 N–H and O–H groups in total. The van der Waals surface area contributed by atoms with Gasteiger partial charge in [-0.15, -0.1) is 11.3 Å². The maximum absolute atomic E-state index is 11.7. The van der Waals surface area contributed by atoms with Crippen molar-refractivity contribution in [3.63, 3.8) is 0 Å². The molecule has 0 saturated carbocycles. The lowest BCUT2D eigenvalue weighted by Gasteiger charge is -2.07. The van der Waals surface area contributed by atoms with E-state index in [1.54, 1.807) is 36.6 Å². The standard InChI is InChI=1S/C15H18N2O5S2/c1-3-22-24(19,20)10-12-5-4-6-14(7-12)21-8-13-9-23-15(17-13)16-11(2)18/h4-7,9H,3,8,10H2,1-2H3,(H,16,17,18). The molecule has 0 bridgehead atoms. The monoisotopic (exact) mass is 370 g/mol. The number of anilines is 1. The third-order valence-corrected chi connectivity index (χ3v) is 4.85. The summed E-state index contributed by atoms with van der Waals surface area (Å²) in [6, 6.07) is 6.80. The van der Waals surface area contributed by atoms with Gasteiger partial charge in [-0.05, 0) is 24.6 Å². The van der Waals surface area contributed by atoms with Gasteiger partial charge < -0.3 is 10.1 Å². The lowest BCUT2D eigenvalue weighted by atomic mass is 10.2. The van der Waals surface area contributed by atoms with Gasteiger partial charge in [0, 0.05) is 12.3 Å². The molecule has 0 radical (unpaired) electrons. The van der Waals surface area contributed by atoms with Crippen molar-refractivity contribution in [3.05, 3.63) is 40.9 Å². The van der Waals surface area contributed by atoms with Gasteiger partial charge in [0.2, 0.25) is 5.91 Å². The van der Waals surface area contributed by atoms with Crippen molar-refractivity contribution >= 4 is 32.5 Å². The van der Waals surface area contributed by atoms with Gasteiger partial charge in [-0.3, -0.25) is 8.98 Å². The van der Waals surface area contributed by atoms with Crippen LogP contribution in [-0.4, -0.2) is 25.9 Å². The molecule has 0 aliphatic rings. The molecule has 0 atom stereocenters.